The standard InChI is InChI=1S/C15H22N2O3/c1-17(14(19)16-13-5-3-2-4-6-13)15(7-10-18)8-11-20-12-9-15/h2-6,18H,7-12H2,1H3,(H,16,19). The van der Waals surface area contributed by atoms with Crippen molar-refractivity contribution < 1.29 is 14.6 Å². The van der Waals surface area contributed by atoms with Gasteiger partial charge in [0.2, 0.25) is 0 Å². The highest BCUT2D eigenvalue weighted by Gasteiger charge is 2.38. The lowest BCUT2D eigenvalue weighted by Crippen LogP contribution is -2.54. The fraction of sp³-hybridized carbons (Fsp3) is 0.533. The van der Waals surface area contributed by atoms with Crippen LogP contribution in [0.25, 0.3) is 0 Å². The number of aliphatic hydroxyl groups excluding tert-OH is 1. The van der Waals surface area contributed by atoms with Crippen molar-refractivity contribution in [1.29, 1.82) is 0 Å². The summed E-state index contributed by atoms with van der Waals surface area (Å²) in [5.41, 5.74) is 0.460. The van der Waals surface area contributed by atoms with E-state index in [2.05, 4.69) is 5.32 Å². The maximum absolute atomic E-state index is 12.4. The second kappa shape index (κ2) is 6.72. The lowest BCUT2D eigenvalue weighted by molar-refractivity contribution is -0.0108. The minimum absolute atomic E-state index is 0.0724. The highest BCUT2D eigenvalue weighted by Crippen LogP contribution is 2.30. The zero-order valence-corrected chi connectivity index (χ0v) is 11.8. The molecule has 1 fully saturated rings. The Balaban J connectivity index is 2.06. The monoisotopic (exact) mass is 278 g/mol. The summed E-state index contributed by atoms with van der Waals surface area (Å²) in [6.45, 7) is 1.33. The number of hydrogen-bond donors (Lipinski definition) is 2. The van der Waals surface area contributed by atoms with Gasteiger partial charge in [0.15, 0.2) is 0 Å². The third kappa shape index (κ3) is 3.29. The van der Waals surface area contributed by atoms with E-state index in [1.807, 2.05) is 30.3 Å². The first-order chi connectivity index (χ1) is 9.68. The van der Waals surface area contributed by atoms with Gasteiger partial charge in [-0.05, 0) is 31.4 Å². The molecule has 20 heavy (non-hydrogen) atoms. The first kappa shape index (κ1) is 14.8. The highest BCUT2D eigenvalue weighted by atomic mass is 16.5. The molecule has 1 aliphatic heterocycles. The number of nitrogens with one attached hydrogen (secondary N) is 1. The van der Waals surface area contributed by atoms with Crippen LogP contribution in [-0.4, -0.2) is 48.4 Å². The molecule has 2 amide bonds. The van der Waals surface area contributed by atoms with Crippen molar-refractivity contribution in [1.82, 2.24) is 4.90 Å². The molecule has 110 valence electrons. The zero-order chi connectivity index (χ0) is 14.4. The van der Waals surface area contributed by atoms with Crippen molar-refractivity contribution in [2.24, 2.45) is 0 Å². The number of carbonyl (C=O) groups excluding carboxylic acids is 1. The number of anilines is 1. The maximum atomic E-state index is 12.4. The largest absolute Gasteiger partial charge is 0.396 e. The number of para-hydroxylation sites is 1. The van der Waals surface area contributed by atoms with Crippen LogP contribution in [0.5, 0.6) is 0 Å². The summed E-state index contributed by atoms with van der Waals surface area (Å²) >= 11 is 0. The van der Waals surface area contributed by atoms with Crippen LogP contribution < -0.4 is 5.32 Å². The van der Waals surface area contributed by atoms with Gasteiger partial charge >= 0.3 is 6.03 Å². The Hall–Kier alpha value is -1.59. The molecule has 1 saturated heterocycles. The summed E-state index contributed by atoms with van der Waals surface area (Å²) in [4.78, 5) is 14.1. The minimum Gasteiger partial charge on any atom is -0.396 e. The van der Waals surface area contributed by atoms with Crippen LogP contribution in [0.3, 0.4) is 0 Å². The summed E-state index contributed by atoms with van der Waals surface area (Å²) in [6.07, 6.45) is 2.09. The lowest BCUT2D eigenvalue weighted by atomic mass is 9.85. The molecule has 0 spiro atoms. The van der Waals surface area contributed by atoms with Crippen LogP contribution in [0, 0.1) is 0 Å². The first-order valence-electron chi connectivity index (χ1n) is 6.96. The number of ether oxygens (including phenoxy) is 1. The maximum Gasteiger partial charge on any atom is 0.322 e. The van der Waals surface area contributed by atoms with Crippen LogP contribution in [0.4, 0.5) is 10.5 Å². The van der Waals surface area contributed by atoms with Crippen molar-refractivity contribution in [2.75, 3.05) is 32.2 Å². The summed E-state index contributed by atoms with van der Waals surface area (Å²) in [5, 5.41) is 12.2. The Morgan fingerprint density at radius 2 is 2.00 bits per heavy atom. The van der Waals surface area contributed by atoms with Crippen molar-refractivity contribution >= 4 is 11.7 Å². The molecule has 0 atom stereocenters. The molecule has 0 radical (unpaired) electrons. The molecular formula is C15H22N2O3. The van der Waals surface area contributed by atoms with Gasteiger partial charge in [-0.2, -0.15) is 0 Å². The average Bonchev–Trinajstić information content (AvgIpc) is 2.48. The number of nitrogens with zero attached hydrogens (tertiary/aromatic N) is 1. The van der Waals surface area contributed by atoms with E-state index in [1.165, 1.54) is 0 Å². The number of carbonyl (C=O) groups is 1. The zero-order valence-electron chi connectivity index (χ0n) is 11.8. The quantitative estimate of drug-likeness (QED) is 0.886. The molecule has 0 bridgehead atoms. The minimum atomic E-state index is -0.314. The van der Waals surface area contributed by atoms with Gasteiger partial charge in [-0.1, -0.05) is 18.2 Å². The SMILES string of the molecule is CN(C(=O)Nc1ccccc1)C1(CCO)CCOCC1. The van der Waals surface area contributed by atoms with E-state index in [0.717, 1.165) is 18.5 Å². The summed E-state index contributed by atoms with van der Waals surface area (Å²) < 4.78 is 5.38. The van der Waals surface area contributed by atoms with Crippen molar-refractivity contribution in [3.63, 3.8) is 0 Å². The smallest absolute Gasteiger partial charge is 0.322 e. The number of amides is 2. The molecule has 2 N–H and O–H groups in total. The Kier molecular flexibility index (Phi) is 4.98. The van der Waals surface area contributed by atoms with Gasteiger partial charge < -0.3 is 20.1 Å². The number of urea groups is 1. The highest BCUT2D eigenvalue weighted by molar-refractivity contribution is 5.89. The number of benzene rings is 1. The fourth-order valence-corrected chi connectivity index (χ4v) is 2.66. The molecule has 2 rings (SSSR count). The fourth-order valence-electron chi connectivity index (χ4n) is 2.66. The molecular weight excluding hydrogens is 256 g/mol. The number of hydrogen-bond acceptors (Lipinski definition) is 3. The van der Waals surface area contributed by atoms with Crippen molar-refractivity contribution in [3.05, 3.63) is 30.3 Å². The first-order valence-corrected chi connectivity index (χ1v) is 6.96. The van der Waals surface area contributed by atoms with Gasteiger partial charge in [0.1, 0.15) is 0 Å². The average molecular weight is 278 g/mol. The molecule has 5 heteroatoms. The third-order valence-electron chi connectivity index (χ3n) is 4.04. The van der Waals surface area contributed by atoms with E-state index in [9.17, 15) is 9.90 Å². The lowest BCUT2D eigenvalue weighted by Gasteiger charge is -2.44. The van der Waals surface area contributed by atoms with Crippen molar-refractivity contribution in [3.8, 4) is 0 Å². The molecule has 0 aromatic heterocycles. The molecule has 0 unspecified atom stereocenters. The molecule has 1 aromatic carbocycles. The van der Waals surface area contributed by atoms with Crippen LogP contribution in [-0.2, 0) is 4.74 Å². The van der Waals surface area contributed by atoms with Gasteiger partial charge in [-0.3, -0.25) is 0 Å². The number of aliphatic hydroxyl groups is 1. The van der Waals surface area contributed by atoms with Crippen LogP contribution >= 0.6 is 0 Å². The molecule has 1 heterocycles. The van der Waals surface area contributed by atoms with Gasteiger partial charge in [0, 0.05) is 32.6 Å². The van der Waals surface area contributed by atoms with Crippen LogP contribution in [0.15, 0.2) is 30.3 Å². The number of rotatable bonds is 4. The Labute approximate surface area is 119 Å². The van der Waals surface area contributed by atoms with E-state index < -0.39 is 0 Å². The predicted octanol–water partition coefficient (Wildman–Crippen LogP) is 2.08. The summed E-state index contributed by atoms with van der Waals surface area (Å²) in [6, 6.07) is 9.24. The second-order valence-electron chi connectivity index (χ2n) is 5.17. The second-order valence-corrected chi connectivity index (χ2v) is 5.17. The third-order valence-corrected chi connectivity index (χ3v) is 4.04. The van der Waals surface area contributed by atoms with Crippen molar-refractivity contribution in [2.45, 2.75) is 24.8 Å². The van der Waals surface area contributed by atoms with Gasteiger partial charge in [-0.25, -0.2) is 4.79 Å². The van der Waals surface area contributed by atoms with E-state index in [-0.39, 0.29) is 18.2 Å². The molecule has 1 aliphatic rings. The Bertz CT molecular complexity index is 424. The molecule has 0 saturated carbocycles. The van der Waals surface area contributed by atoms with Crippen LogP contribution in [0.2, 0.25) is 0 Å². The normalized spacial score (nSPS) is 17.5. The molecule has 0 aliphatic carbocycles. The van der Waals surface area contributed by atoms with E-state index in [4.69, 9.17) is 4.74 Å². The summed E-state index contributed by atoms with van der Waals surface area (Å²) in [5.74, 6) is 0. The summed E-state index contributed by atoms with van der Waals surface area (Å²) in [7, 11) is 1.79. The topological polar surface area (TPSA) is 61.8 Å². The van der Waals surface area contributed by atoms with Gasteiger partial charge in [0.05, 0.1) is 5.54 Å². The van der Waals surface area contributed by atoms with Crippen LogP contribution in [0.1, 0.15) is 19.3 Å². The van der Waals surface area contributed by atoms with E-state index >= 15 is 0 Å². The molecule has 5 nitrogen and oxygen atoms in total. The van der Waals surface area contributed by atoms with E-state index in [0.29, 0.717) is 19.6 Å². The van der Waals surface area contributed by atoms with E-state index in [1.54, 1.807) is 11.9 Å². The molecule has 1 aromatic rings. The Morgan fingerprint density at radius 3 is 2.60 bits per heavy atom. The predicted molar refractivity (Wildman–Crippen MR) is 77.7 cm³/mol. The Morgan fingerprint density at radius 1 is 1.35 bits per heavy atom. The van der Waals surface area contributed by atoms with Gasteiger partial charge in [-0.15, -0.1) is 0 Å². The van der Waals surface area contributed by atoms with Gasteiger partial charge in [0.25, 0.3) is 0 Å².